The number of aryl methyl sites for hydroxylation is 1. The van der Waals surface area contributed by atoms with Crippen LogP contribution in [-0.4, -0.2) is 9.55 Å². The molecule has 0 aliphatic carbocycles. The summed E-state index contributed by atoms with van der Waals surface area (Å²) in [7, 11) is 0. The summed E-state index contributed by atoms with van der Waals surface area (Å²) in [6.45, 7) is 39.9. The minimum Gasteiger partial charge on any atom is -0.501 e. The average molecular weight is 1060 g/mol. The Kier molecular flexibility index (Phi) is 12.1. The van der Waals surface area contributed by atoms with Gasteiger partial charge in [0.05, 0.1) is 0 Å². The van der Waals surface area contributed by atoms with Gasteiger partial charge in [0.25, 0.3) is 0 Å². The van der Waals surface area contributed by atoms with Crippen molar-refractivity contribution in [1.29, 1.82) is 0 Å². The minimum absolute atomic E-state index is 0. The zero-order chi connectivity index (χ0) is 47.1. The van der Waals surface area contributed by atoms with Gasteiger partial charge in [-0.25, -0.2) is 9.83 Å². The third kappa shape index (κ3) is 8.92. The van der Waals surface area contributed by atoms with Gasteiger partial charge in [-0.15, -0.1) is 36.6 Å². The van der Waals surface area contributed by atoms with Gasteiger partial charge in [-0.3, -0.25) is 0 Å². The van der Waals surface area contributed by atoms with Crippen molar-refractivity contribution in [2.24, 2.45) is 0 Å². The van der Waals surface area contributed by atoms with Crippen LogP contribution in [-0.2, 0) is 42.7 Å². The second kappa shape index (κ2) is 17.2. The molecule has 0 bridgehead atoms. The van der Waals surface area contributed by atoms with Gasteiger partial charge in [0, 0.05) is 55.6 Å². The molecule has 0 N–H and O–H groups in total. The summed E-state index contributed by atoms with van der Waals surface area (Å²) < 4.78 is 8.84. The normalized spacial score (nSPS) is 13.2. The van der Waals surface area contributed by atoms with Crippen LogP contribution < -0.4 is 14.5 Å². The molecule has 0 unspecified atom stereocenters. The molecule has 7 heteroatoms. The van der Waals surface area contributed by atoms with E-state index in [0.717, 1.165) is 61.5 Å². The van der Waals surface area contributed by atoms with E-state index in [0.29, 0.717) is 17.2 Å². The Balaban J connectivity index is 0.00000608. The van der Waals surface area contributed by atoms with Gasteiger partial charge in [0.2, 0.25) is 5.69 Å². The fourth-order valence-electron chi connectivity index (χ4n) is 8.97. The standard InChI is InChI=1S/C60H60N5O.Pt/c1-38-36-62-56(34-47(38)45-27-26-39(57(2,3)4)31-49(45)60(11,12)13)65-51-23-16-15-22-46(51)48-33-50(61-14)55(35-54(48)65)66-44-21-19-20-42(32-44)63-37-64(53-25-18-17-24-52(53)63)43-29-40(58(5,6)7)28-41(30-43)59(8,9)10;/h15-31,33-34,36-37H,1-13H3;/q-3;. The summed E-state index contributed by atoms with van der Waals surface area (Å²) in [6, 6.07) is 47.8. The molecule has 3 heterocycles. The molecular formula is C60H60N5OPt-3. The average Bonchev–Trinajstić information content (AvgIpc) is 3.81. The minimum atomic E-state index is -0.0897. The van der Waals surface area contributed by atoms with Gasteiger partial charge in [-0.2, -0.15) is 6.07 Å². The first-order valence-electron chi connectivity index (χ1n) is 23.0. The molecule has 0 saturated carbocycles. The SMILES string of the molecule is [C-]#[N+]c1cc2c3ccccc3n(-c3cc(-c4ccc(C(C)(C)C)cc4C(C)(C)C)c(C)cn3)c2[c-]c1Oc1[c-]c(N2[CH-]N(c3cc(C(C)(C)C)cc(C(C)(C)C)c3)c3ccccc32)ccc1.[Pt]. The van der Waals surface area contributed by atoms with E-state index >= 15 is 0 Å². The molecule has 0 saturated heterocycles. The fourth-order valence-corrected chi connectivity index (χ4v) is 8.97. The van der Waals surface area contributed by atoms with Crippen LogP contribution in [0.5, 0.6) is 11.5 Å². The molecule has 67 heavy (non-hydrogen) atoms. The predicted octanol–water partition coefficient (Wildman–Crippen LogP) is 16.7. The first-order chi connectivity index (χ1) is 31.1. The number of para-hydroxylation sites is 3. The molecule has 0 spiro atoms. The molecule has 344 valence electrons. The van der Waals surface area contributed by atoms with Gasteiger partial charge in [-0.05, 0) is 109 Å². The van der Waals surface area contributed by atoms with Crippen molar-refractivity contribution in [3.63, 3.8) is 0 Å². The molecule has 1 aliphatic rings. The molecular weight excluding hydrogens is 1000 g/mol. The van der Waals surface area contributed by atoms with Crippen LogP contribution in [0.25, 0.3) is 43.6 Å². The smallest absolute Gasteiger partial charge is 0.249 e. The van der Waals surface area contributed by atoms with Gasteiger partial charge < -0.3 is 19.1 Å². The van der Waals surface area contributed by atoms with Crippen molar-refractivity contribution in [2.45, 2.75) is 112 Å². The Morgan fingerprint density at radius 1 is 0.612 bits per heavy atom. The van der Waals surface area contributed by atoms with Crippen LogP contribution in [0.4, 0.5) is 28.4 Å². The number of pyridine rings is 1. The summed E-state index contributed by atoms with van der Waals surface area (Å²) in [5, 5.41) is 1.92. The van der Waals surface area contributed by atoms with Crippen molar-refractivity contribution >= 4 is 50.2 Å². The zero-order valence-corrected chi connectivity index (χ0v) is 43.4. The Hall–Kier alpha value is -6.15. The van der Waals surface area contributed by atoms with Crippen molar-refractivity contribution in [2.75, 3.05) is 9.80 Å². The second-order valence-electron chi connectivity index (χ2n) is 21.9. The van der Waals surface area contributed by atoms with Gasteiger partial charge in [0.15, 0.2) is 0 Å². The molecule has 2 aromatic heterocycles. The Morgan fingerprint density at radius 2 is 1.25 bits per heavy atom. The van der Waals surface area contributed by atoms with Gasteiger partial charge in [-0.1, -0.05) is 155 Å². The monoisotopic (exact) mass is 1060 g/mol. The van der Waals surface area contributed by atoms with Crippen molar-refractivity contribution in [3.8, 4) is 28.4 Å². The number of nitrogens with zero attached hydrogens (tertiary/aromatic N) is 5. The Morgan fingerprint density at radius 3 is 1.90 bits per heavy atom. The molecule has 0 fully saturated rings. The van der Waals surface area contributed by atoms with Crippen LogP contribution in [0.15, 0.2) is 121 Å². The van der Waals surface area contributed by atoms with E-state index in [2.05, 4.69) is 207 Å². The van der Waals surface area contributed by atoms with E-state index < -0.39 is 0 Å². The molecule has 8 aromatic rings. The first-order valence-corrected chi connectivity index (χ1v) is 23.0. The molecule has 6 aromatic carbocycles. The topological polar surface area (TPSA) is 37.9 Å². The fraction of sp³-hybridized carbons (Fsp3) is 0.283. The van der Waals surface area contributed by atoms with E-state index in [-0.39, 0.29) is 42.7 Å². The van der Waals surface area contributed by atoms with Crippen molar-refractivity contribution < 1.29 is 25.8 Å². The summed E-state index contributed by atoms with van der Waals surface area (Å²) in [5.74, 6) is 1.58. The second-order valence-corrected chi connectivity index (χ2v) is 21.9. The zero-order valence-electron chi connectivity index (χ0n) is 41.1. The van der Waals surface area contributed by atoms with Crippen LogP contribution in [0.3, 0.4) is 0 Å². The van der Waals surface area contributed by atoms with E-state index in [1.165, 1.54) is 27.8 Å². The quantitative estimate of drug-likeness (QED) is 0.156. The van der Waals surface area contributed by atoms with Crippen LogP contribution in [0.2, 0.25) is 0 Å². The summed E-state index contributed by atoms with van der Waals surface area (Å²) >= 11 is 0. The Bertz CT molecular complexity index is 3200. The third-order valence-corrected chi connectivity index (χ3v) is 12.9. The molecule has 0 atom stereocenters. The van der Waals surface area contributed by atoms with Crippen LogP contribution in [0, 0.1) is 32.3 Å². The van der Waals surface area contributed by atoms with E-state index in [1.807, 2.05) is 42.6 Å². The maximum absolute atomic E-state index is 8.32. The summed E-state index contributed by atoms with van der Waals surface area (Å²) in [6.07, 6.45) is 1.97. The summed E-state index contributed by atoms with van der Waals surface area (Å²) in [4.78, 5) is 13.5. The van der Waals surface area contributed by atoms with Gasteiger partial charge >= 0.3 is 0 Å². The molecule has 0 amide bonds. The van der Waals surface area contributed by atoms with Crippen LogP contribution >= 0.6 is 0 Å². The number of anilines is 4. The number of benzene rings is 6. The number of hydrogen-bond acceptors (Lipinski definition) is 4. The molecule has 0 radical (unpaired) electrons. The van der Waals surface area contributed by atoms with Crippen LogP contribution in [0.1, 0.15) is 111 Å². The van der Waals surface area contributed by atoms with E-state index in [9.17, 15) is 0 Å². The largest absolute Gasteiger partial charge is 0.501 e. The van der Waals surface area contributed by atoms with E-state index in [4.69, 9.17) is 16.3 Å². The van der Waals surface area contributed by atoms with E-state index in [1.54, 1.807) is 0 Å². The number of ether oxygens (including phenoxy) is 1. The van der Waals surface area contributed by atoms with Crippen molar-refractivity contribution in [3.05, 3.63) is 179 Å². The predicted molar refractivity (Wildman–Crippen MR) is 275 cm³/mol. The molecule has 1 aliphatic heterocycles. The number of fused-ring (bicyclic) bond motifs is 4. The molecule has 9 rings (SSSR count). The third-order valence-electron chi connectivity index (χ3n) is 12.9. The number of rotatable bonds is 6. The maximum Gasteiger partial charge on any atom is 0.249 e. The maximum atomic E-state index is 8.32. The Labute approximate surface area is 412 Å². The first kappa shape index (κ1) is 47.3. The molecule has 6 nitrogen and oxygen atoms in total. The number of hydrogen-bond donors (Lipinski definition) is 0. The summed E-state index contributed by atoms with van der Waals surface area (Å²) in [5.41, 5.74) is 14.7. The van der Waals surface area contributed by atoms with Crippen molar-refractivity contribution in [1.82, 2.24) is 9.55 Å². The number of aromatic nitrogens is 2. The van der Waals surface area contributed by atoms with Gasteiger partial charge in [0.1, 0.15) is 18.1 Å².